The third-order valence-electron chi connectivity index (χ3n) is 8.82. The van der Waals surface area contributed by atoms with Gasteiger partial charge in [0.05, 0.1) is 23.2 Å². The summed E-state index contributed by atoms with van der Waals surface area (Å²) in [5.41, 5.74) is -2.09. The van der Waals surface area contributed by atoms with Gasteiger partial charge in [0.1, 0.15) is 5.78 Å². The summed E-state index contributed by atoms with van der Waals surface area (Å²) in [4.78, 5) is 39.4. The van der Waals surface area contributed by atoms with Crippen LogP contribution in [0.1, 0.15) is 130 Å². The lowest BCUT2D eigenvalue weighted by Crippen LogP contribution is -2.57. The smallest absolute Gasteiger partial charge is 0.166 e. The predicted octanol–water partition coefficient (Wildman–Crippen LogP) is 7.19. The Balaban J connectivity index is 5.29. The first-order valence-corrected chi connectivity index (χ1v) is 16.0. The Hall–Kier alpha value is -1.89. The Morgan fingerprint density at radius 1 is 0.610 bits per heavy atom. The summed E-state index contributed by atoms with van der Waals surface area (Å²) < 4.78 is 0. The van der Waals surface area contributed by atoms with Crippen LogP contribution in [0.15, 0.2) is 38.0 Å². The van der Waals surface area contributed by atoms with Gasteiger partial charge in [-0.3, -0.25) is 19.7 Å². The van der Waals surface area contributed by atoms with Gasteiger partial charge in [0, 0.05) is 13.0 Å². The van der Waals surface area contributed by atoms with E-state index in [0.717, 1.165) is 83.5 Å². The van der Waals surface area contributed by atoms with Crippen molar-refractivity contribution in [3.8, 4) is 0 Å². The van der Waals surface area contributed by atoms with E-state index in [-0.39, 0.29) is 23.9 Å². The first kappa shape index (κ1) is 39.1. The van der Waals surface area contributed by atoms with Crippen LogP contribution in [0.25, 0.3) is 0 Å². The summed E-state index contributed by atoms with van der Waals surface area (Å²) in [6.07, 6.45) is 20.5. The van der Waals surface area contributed by atoms with Crippen molar-refractivity contribution in [2.45, 2.75) is 147 Å². The minimum absolute atomic E-state index is 0.0388. The highest BCUT2D eigenvalue weighted by molar-refractivity contribution is 5.92. The van der Waals surface area contributed by atoms with Crippen molar-refractivity contribution in [2.24, 2.45) is 0 Å². The van der Waals surface area contributed by atoms with E-state index in [9.17, 15) is 14.4 Å². The average Bonchev–Trinajstić information content (AvgIpc) is 2.95. The van der Waals surface area contributed by atoms with Gasteiger partial charge in [-0.15, -0.1) is 19.7 Å². The van der Waals surface area contributed by atoms with E-state index in [0.29, 0.717) is 25.8 Å². The van der Waals surface area contributed by atoms with Gasteiger partial charge in [-0.1, -0.05) is 56.8 Å². The molecule has 6 nitrogen and oxygen atoms in total. The molecule has 0 bridgehead atoms. The van der Waals surface area contributed by atoms with Gasteiger partial charge in [0.2, 0.25) is 0 Å². The van der Waals surface area contributed by atoms with E-state index in [2.05, 4.69) is 35.7 Å². The molecule has 6 heteroatoms. The maximum atomic E-state index is 13.7. The molecule has 0 aromatic heterocycles. The van der Waals surface area contributed by atoms with Crippen LogP contribution in [-0.2, 0) is 14.4 Å². The second-order valence-electron chi connectivity index (χ2n) is 12.3. The lowest BCUT2D eigenvalue weighted by atomic mass is 9.86. The maximum absolute atomic E-state index is 13.7. The average molecular weight is 574 g/mol. The monoisotopic (exact) mass is 573 g/mol. The largest absolute Gasteiger partial charge is 0.308 e. The van der Waals surface area contributed by atoms with Crippen LogP contribution in [-0.4, -0.2) is 54.1 Å². The topological polar surface area (TPSA) is 87.3 Å². The van der Waals surface area contributed by atoms with Crippen molar-refractivity contribution >= 4 is 17.3 Å². The van der Waals surface area contributed by atoms with Crippen LogP contribution in [0.3, 0.4) is 0 Å². The molecular weight excluding hydrogens is 510 g/mol. The molecule has 3 N–H and O–H groups in total. The summed E-state index contributed by atoms with van der Waals surface area (Å²) in [6, 6.07) is 0. The first-order chi connectivity index (χ1) is 19.4. The molecule has 0 aromatic carbocycles. The zero-order valence-electron chi connectivity index (χ0n) is 27.3. The van der Waals surface area contributed by atoms with Crippen LogP contribution in [0, 0.1) is 0 Å². The fourth-order valence-corrected chi connectivity index (χ4v) is 5.16. The van der Waals surface area contributed by atoms with Gasteiger partial charge < -0.3 is 10.6 Å². The molecule has 0 spiro atoms. The Labute approximate surface area is 252 Å². The van der Waals surface area contributed by atoms with Crippen LogP contribution in [0.4, 0.5) is 0 Å². The molecule has 0 saturated heterocycles. The summed E-state index contributed by atoms with van der Waals surface area (Å²) in [5, 5.41) is 10.0. The van der Waals surface area contributed by atoms with E-state index in [4.69, 9.17) is 0 Å². The number of hydrogen-bond donors (Lipinski definition) is 3. The SMILES string of the molecule is C=CCCCCCC[C@@](C)(NCC(=O)[C@](C)(CCCCCCC=C)NCCC(=O)[C@@](C)(CCCC=C)NC)C(C)=O. The van der Waals surface area contributed by atoms with Gasteiger partial charge in [-0.05, 0) is 92.5 Å². The minimum Gasteiger partial charge on any atom is -0.308 e. The fraction of sp³-hybridized carbons (Fsp3) is 0.743. The molecule has 0 amide bonds. The molecule has 0 unspecified atom stereocenters. The number of carbonyl (C=O) groups is 3. The number of unbranched alkanes of at least 4 members (excludes halogenated alkanes) is 9. The molecule has 0 aromatic rings. The molecule has 3 atom stereocenters. The first-order valence-electron chi connectivity index (χ1n) is 16.0. The number of nitrogens with one attached hydrogen (secondary N) is 3. The van der Waals surface area contributed by atoms with Crippen LogP contribution in [0.5, 0.6) is 0 Å². The fourth-order valence-electron chi connectivity index (χ4n) is 5.16. The zero-order chi connectivity index (χ0) is 31.2. The molecule has 0 aliphatic heterocycles. The second-order valence-corrected chi connectivity index (χ2v) is 12.3. The van der Waals surface area contributed by atoms with Crippen molar-refractivity contribution in [1.29, 1.82) is 0 Å². The van der Waals surface area contributed by atoms with Crippen molar-refractivity contribution in [1.82, 2.24) is 16.0 Å². The van der Waals surface area contributed by atoms with Crippen LogP contribution < -0.4 is 16.0 Å². The standard InChI is InChI=1S/C35H63N3O3/c1-9-12-15-17-19-22-25-33(5,30(4)39)38-29-32(41)35(7,27-23-20-18-16-13-10-2)37-28-24-31(40)34(6,36-8)26-21-14-11-3/h9-11,36-38H,1-3,12-29H2,4-8H3/t33-,34-,35+/m1/s1. The van der Waals surface area contributed by atoms with Crippen LogP contribution >= 0.6 is 0 Å². The number of hydrogen-bond acceptors (Lipinski definition) is 6. The molecule has 0 aliphatic rings. The predicted molar refractivity (Wildman–Crippen MR) is 175 cm³/mol. The summed E-state index contributed by atoms with van der Waals surface area (Å²) in [5.74, 6) is 0.240. The summed E-state index contributed by atoms with van der Waals surface area (Å²) in [6.45, 7) is 19.3. The number of Topliss-reactive ketones (excluding diaryl/α,β-unsaturated/α-hetero) is 3. The number of rotatable bonds is 29. The van der Waals surface area contributed by atoms with Gasteiger partial charge in [0.15, 0.2) is 11.6 Å². The van der Waals surface area contributed by atoms with E-state index in [1.807, 2.05) is 46.0 Å². The highest BCUT2D eigenvalue weighted by Gasteiger charge is 2.36. The second kappa shape index (κ2) is 21.8. The number of likely N-dealkylation sites (N-methyl/N-ethyl adjacent to an activating group) is 1. The quantitative estimate of drug-likeness (QED) is 0.0649. The molecule has 0 radical (unpaired) electrons. The Morgan fingerprint density at radius 3 is 1.56 bits per heavy atom. The third kappa shape index (κ3) is 15.8. The lowest BCUT2D eigenvalue weighted by molar-refractivity contribution is -0.128. The number of carbonyl (C=O) groups excluding carboxylic acids is 3. The van der Waals surface area contributed by atoms with Crippen LogP contribution in [0.2, 0.25) is 0 Å². The summed E-state index contributed by atoms with van der Waals surface area (Å²) >= 11 is 0. The van der Waals surface area contributed by atoms with Gasteiger partial charge in [0.25, 0.3) is 0 Å². The van der Waals surface area contributed by atoms with Crippen molar-refractivity contribution < 1.29 is 14.4 Å². The van der Waals surface area contributed by atoms with E-state index in [1.54, 1.807) is 6.92 Å². The zero-order valence-corrected chi connectivity index (χ0v) is 27.3. The molecule has 0 fully saturated rings. The molecule has 0 heterocycles. The van der Waals surface area contributed by atoms with Crippen molar-refractivity contribution in [3.63, 3.8) is 0 Å². The van der Waals surface area contributed by atoms with E-state index < -0.39 is 16.6 Å². The minimum atomic E-state index is -0.771. The molecule has 0 saturated carbocycles. The summed E-state index contributed by atoms with van der Waals surface area (Å²) in [7, 11) is 1.83. The highest BCUT2D eigenvalue weighted by Crippen LogP contribution is 2.22. The van der Waals surface area contributed by atoms with Gasteiger partial charge in [-0.25, -0.2) is 0 Å². The molecular formula is C35H63N3O3. The van der Waals surface area contributed by atoms with Crippen molar-refractivity contribution in [3.05, 3.63) is 38.0 Å². The van der Waals surface area contributed by atoms with Gasteiger partial charge >= 0.3 is 0 Å². The molecule has 0 rings (SSSR count). The number of ketones is 3. The Morgan fingerprint density at radius 2 is 1.07 bits per heavy atom. The van der Waals surface area contributed by atoms with E-state index in [1.165, 1.54) is 0 Å². The third-order valence-corrected chi connectivity index (χ3v) is 8.82. The normalized spacial score (nSPS) is 15.7. The maximum Gasteiger partial charge on any atom is 0.166 e. The molecule has 0 aliphatic carbocycles. The molecule has 236 valence electrons. The number of allylic oxidation sites excluding steroid dienone is 3. The Bertz CT molecular complexity index is 810. The van der Waals surface area contributed by atoms with Gasteiger partial charge in [-0.2, -0.15) is 0 Å². The lowest BCUT2D eigenvalue weighted by Gasteiger charge is -2.34. The molecule has 41 heavy (non-hydrogen) atoms. The Kier molecular flexibility index (Phi) is 20.8. The van der Waals surface area contributed by atoms with E-state index >= 15 is 0 Å². The van der Waals surface area contributed by atoms with Crippen molar-refractivity contribution in [2.75, 3.05) is 20.1 Å². The highest BCUT2D eigenvalue weighted by atomic mass is 16.1.